The summed E-state index contributed by atoms with van der Waals surface area (Å²) in [7, 11) is 0. The van der Waals surface area contributed by atoms with E-state index >= 15 is 0 Å². The number of hydrogen-bond acceptors (Lipinski definition) is 4. The van der Waals surface area contributed by atoms with Crippen LogP contribution >= 0.6 is 11.6 Å². The Labute approximate surface area is 107 Å². The van der Waals surface area contributed by atoms with Crippen molar-refractivity contribution in [2.45, 2.75) is 12.8 Å². The minimum atomic E-state index is -1.50. The number of carbonyl (C=O) groups is 2. The first-order chi connectivity index (χ1) is 8.61. The Morgan fingerprint density at radius 3 is 2.33 bits per heavy atom. The fourth-order valence-electron chi connectivity index (χ4n) is 2.40. The molecule has 1 aromatic carbocycles. The smallest absolute Gasteiger partial charge is 0.377 e. The molecule has 18 heavy (non-hydrogen) atoms. The van der Waals surface area contributed by atoms with E-state index < -0.39 is 11.8 Å². The number of rotatable bonds is 2. The zero-order valence-electron chi connectivity index (χ0n) is 9.29. The summed E-state index contributed by atoms with van der Waals surface area (Å²) < 4.78 is 10.8. The van der Waals surface area contributed by atoms with Crippen molar-refractivity contribution in [1.82, 2.24) is 0 Å². The lowest BCUT2D eigenvalue weighted by molar-refractivity contribution is -0.131. The highest BCUT2D eigenvalue weighted by Crippen LogP contribution is 2.47. The third-order valence-corrected chi connectivity index (χ3v) is 3.56. The van der Waals surface area contributed by atoms with E-state index in [1.165, 1.54) is 0 Å². The standard InChI is InChI=1S/C12H9ClO5/c13-8-6-2-4-17-10(6)7(9(14)12(15)16)5-1-3-18-11(5)8/h1-4H2,(H,15,16). The molecule has 0 saturated carbocycles. The molecule has 6 heteroatoms. The van der Waals surface area contributed by atoms with Crippen molar-refractivity contribution in [3.8, 4) is 11.5 Å². The summed E-state index contributed by atoms with van der Waals surface area (Å²) in [4.78, 5) is 22.7. The highest BCUT2D eigenvalue weighted by molar-refractivity contribution is 6.42. The highest BCUT2D eigenvalue weighted by atomic mass is 35.5. The summed E-state index contributed by atoms with van der Waals surface area (Å²) in [5.74, 6) is -1.71. The Hall–Kier alpha value is -1.75. The number of halogens is 1. The highest BCUT2D eigenvalue weighted by Gasteiger charge is 2.35. The predicted molar refractivity (Wildman–Crippen MR) is 61.8 cm³/mol. The number of ketones is 1. The van der Waals surface area contributed by atoms with Gasteiger partial charge in [-0.3, -0.25) is 4.79 Å². The van der Waals surface area contributed by atoms with Gasteiger partial charge in [-0.2, -0.15) is 0 Å². The number of aliphatic carboxylic acids is 1. The fraction of sp³-hybridized carbons (Fsp3) is 0.333. The van der Waals surface area contributed by atoms with Gasteiger partial charge in [-0.25, -0.2) is 4.79 Å². The van der Waals surface area contributed by atoms with Crippen molar-refractivity contribution in [2.24, 2.45) is 0 Å². The van der Waals surface area contributed by atoms with E-state index in [1.54, 1.807) is 0 Å². The molecule has 5 nitrogen and oxygen atoms in total. The Morgan fingerprint density at radius 1 is 1.06 bits per heavy atom. The normalized spacial score (nSPS) is 15.6. The maximum atomic E-state index is 11.8. The number of Topliss-reactive ketones (excluding diaryl/α,β-unsaturated/α-hetero) is 1. The van der Waals surface area contributed by atoms with Crippen molar-refractivity contribution in [2.75, 3.05) is 13.2 Å². The van der Waals surface area contributed by atoms with Crippen molar-refractivity contribution >= 4 is 23.4 Å². The molecule has 2 aliphatic heterocycles. The first kappa shape index (κ1) is 11.3. The first-order valence-electron chi connectivity index (χ1n) is 5.51. The van der Waals surface area contributed by atoms with Crippen molar-refractivity contribution in [3.05, 3.63) is 21.7 Å². The van der Waals surface area contributed by atoms with Gasteiger partial charge in [0.2, 0.25) is 0 Å². The molecule has 0 bridgehead atoms. The third-order valence-electron chi connectivity index (χ3n) is 3.16. The molecule has 1 aromatic rings. The summed E-state index contributed by atoms with van der Waals surface area (Å²) in [6.07, 6.45) is 1.03. The summed E-state index contributed by atoms with van der Waals surface area (Å²) in [5, 5.41) is 9.33. The zero-order chi connectivity index (χ0) is 12.9. The van der Waals surface area contributed by atoms with E-state index in [0.29, 0.717) is 53.7 Å². The largest absolute Gasteiger partial charge is 0.492 e. The third kappa shape index (κ3) is 1.40. The molecule has 2 heterocycles. The topological polar surface area (TPSA) is 72.8 Å². The second-order valence-corrected chi connectivity index (χ2v) is 4.51. The number of carboxylic acid groups (broad SMARTS) is 1. The molecule has 0 radical (unpaired) electrons. The zero-order valence-corrected chi connectivity index (χ0v) is 10.0. The maximum Gasteiger partial charge on any atom is 0.377 e. The van der Waals surface area contributed by atoms with Crippen LogP contribution in [0, 0.1) is 0 Å². The molecule has 0 aromatic heterocycles. The molecule has 0 atom stereocenters. The summed E-state index contributed by atoms with van der Waals surface area (Å²) in [6.45, 7) is 0.801. The monoisotopic (exact) mass is 268 g/mol. The van der Waals surface area contributed by atoms with E-state index in [1.807, 2.05) is 0 Å². The molecule has 3 rings (SSSR count). The predicted octanol–water partition coefficient (Wildman–Crippen LogP) is 1.48. The molecule has 0 fully saturated rings. The lowest BCUT2D eigenvalue weighted by Crippen LogP contribution is -2.16. The average Bonchev–Trinajstić information content (AvgIpc) is 2.96. The second kappa shape index (κ2) is 3.88. The van der Waals surface area contributed by atoms with Crippen molar-refractivity contribution in [3.63, 3.8) is 0 Å². The van der Waals surface area contributed by atoms with E-state index in [4.69, 9.17) is 26.2 Å². The van der Waals surface area contributed by atoms with Crippen LogP contribution in [0.25, 0.3) is 0 Å². The molecule has 1 N–H and O–H groups in total. The second-order valence-electron chi connectivity index (χ2n) is 4.14. The molecule has 2 aliphatic rings. The number of ether oxygens (including phenoxy) is 2. The van der Waals surface area contributed by atoms with E-state index in [-0.39, 0.29) is 5.56 Å². The average molecular weight is 269 g/mol. The number of carboxylic acids is 1. The van der Waals surface area contributed by atoms with Gasteiger partial charge < -0.3 is 14.6 Å². The van der Waals surface area contributed by atoms with Gasteiger partial charge in [-0.15, -0.1) is 0 Å². The van der Waals surface area contributed by atoms with Crippen LogP contribution in [0.2, 0.25) is 5.02 Å². The molecular formula is C12H9ClO5. The molecular weight excluding hydrogens is 260 g/mol. The SMILES string of the molecule is O=C(O)C(=O)c1c2c(c(Cl)c3c1OCC3)OCC2. The van der Waals surface area contributed by atoms with Crippen LogP contribution in [0.3, 0.4) is 0 Å². The van der Waals surface area contributed by atoms with E-state index in [9.17, 15) is 9.59 Å². The van der Waals surface area contributed by atoms with Gasteiger partial charge in [-0.1, -0.05) is 11.6 Å². The van der Waals surface area contributed by atoms with E-state index in [0.717, 1.165) is 0 Å². The van der Waals surface area contributed by atoms with Gasteiger partial charge in [0.1, 0.15) is 11.5 Å². The van der Waals surface area contributed by atoms with E-state index in [2.05, 4.69) is 0 Å². The lowest BCUT2D eigenvalue weighted by atomic mass is 9.96. The number of carbonyl (C=O) groups excluding carboxylic acids is 1. The Bertz CT molecular complexity index is 543. The molecule has 0 amide bonds. The lowest BCUT2D eigenvalue weighted by Gasteiger charge is -2.12. The van der Waals surface area contributed by atoms with Gasteiger partial charge >= 0.3 is 5.97 Å². The quantitative estimate of drug-likeness (QED) is 0.650. The van der Waals surface area contributed by atoms with Crippen molar-refractivity contribution < 1.29 is 24.2 Å². The summed E-state index contributed by atoms with van der Waals surface area (Å²) >= 11 is 6.19. The van der Waals surface area contributed by atoms with Crippen LogP contribution in [0.4, 0.5) is 0 Å². The van der Waals surface area contributed by atoms with Gasteiger partial charge in [0.15, 0.2) is 0 Å². The molecule has 0 spiro atoms. The van der Waals surface area contributed by atoms with Crippen LogP contribution in [0.5, 0.6) is 11.5 Å². The molecule has 94 valence electrons. The van der Waals surface area contributed by atoms with Crippen LogP contribution in [0.1, 0.15) is 21.5 Å². The molecule has 0 saturated heterocycles. The summed E-state index contributed by atoms with van der Waals surface area (Å²) in [6, 6.07) is 0. The fourth-order valence-corrected chi connectivity index (χ4v) is 2.75. The minimum Gasteiger partial charge on any atom is -0.492 e. The minimum absolute atomic E-state index is 0.104. The van der Waals surface area contributed by atoms with Crippen molar-refractivity contribution in [1.29, 1.82) is 0 Å². The Kier molecular flexibility index (Phi) is 2.45. The number of fused-ring (bicyclic) bond motifs is 2. The first-order valence-corrected chi connectivity index (χ1v) is 5.89. The van der Waals surface area contributed by atoms with Gasteiger partial charge in [0.25, 0.3) is 5.78 Å². The Morgan fingerprint density at radius 2 is 1.67 bits per heavy atom. The van der Waals surface area contributed by atoms with Crippen LogP contribution < -0.4 is 9.47 Å². The van der Waals surface area contributed by atoms with Crippen LogP contribution in [-0.2, 0) is 17.6 Å². The van der Waals surface area contributed by atoms with Gasteiger partial charge in [0, 0.05) is 24.0 Å². The van der Waals surface area contributed by atoms with Gasteiger partial charge in [0.05, 0.1) is 23.8 Å². The summed E-state index contributed by atoms with van der Waals surface area (Å²) in [5.41, 5.74) is 1.32. The number of benzene rings is 1. The van der Waals surface area contributed by atoms with Crippen LogP contribution in [-0.4, -0.2) is 30.1 Å². The molecule has 0 aliphatic carbocycles. The van der Waals surface area contributed by atoms with Gasteiger partial charge in [-0.05, 0) is 0 Å². The molecule has 0 unspecified atom stereocenters. The number of hydrogen-bond donors (Lipinski definition) is 1. The Balaban J connectivity index is 2.31. The van der Waals surface area contributed by atoms with Crippen LogP contribution in [0.15, 0.2) is 0 Å². The maximum absolute atomic E-state index is 11.8.